The number of halogens is 5. The van der Waals surface area contributed by atoms with Gasteiger partial charge in [-0.25, -0.2) is 19.1 Å². The molecule has 0 bridgehead atoms. The summed E-state index contributed by atoms with van der Waals surface area (Å²) in [7, 11) is 2.43. The van der Waals surface area contributed by atoms with Crippen LogP contribution in [0, 0.1) is 5.82 Å². The Morgan fingerprint density at radius 1 is 1.21 bits per heavy atom. The normalized spacial score (nSPS) is 12.1. The van der Waals surface area contributed by atoms with Gasteiger partial charge in [-0.05, 0) is 37.1 Å². The van der Waals surface area contributed by atoms with E-state index in [1.54, 1.807) is 13.0 Å². The number of hydrogen-bond donors (Lipinski definition) is 0. The Kier molecular flexibility index (Phi) is 11.6. The van der Waals surface area contributed by atoms with Gasteiger partial charge in [0.25, 0.3) is 5.88 Å². The summed E-state index contributed by atoms with van der Waals surface area (Å²) in [5.41, 5.74) is 0.0106. The highest BCUT2D eigenvalue weighted by Gasteiger charge is 2.35. The predicted octanol–water partition coefficient (Wildman–Crippen LogP) is 7.28. The van der Waals surface area contributed by atoms with Crippen LogP contribution in [0.3, 0.4) is 0 Å². The van der Waals surface area contributed by atoms with Crippen molar-refractivity contribution < 1.29 is 36.6 Å². The number of alkyl halides is 3. The summed E-state index contributed by atoms with van der Waals surface area (Å²) < 4.78 is 70.9. The minimum Gasteiger partial charge on any atom is -0.498 e. The molecule has 0 aliphatic heterocycles. The van der Waals surface area contributed by atoms with Crippen LogP contribution >= 0.6 is 11.6 Å². The summed E-state index contributed by atoms with van der Waals surface area (Å²) in [6.07, 6.45) is 2.32. The van der Waals surface area contributed by atoms with E-state index in [0.29, 0.717) is 28.4 Å². The Morgan fingerprint density at radius 2 is 1.90 bits per heavy atom. The van der Waals surface area contributed by atoms with Crippen molar-refractivity contribution in [1.29, 1.82) is 0 Å². The number of urea groups is 1. The maximum absolute atomic E-state index is 15.2. The van der Waals surface area contributed by atoms with Gasteiger partial charge < -0.3 is 19.1 Å². The second-order valence-corrected chi connectivity index (χ2v) is 8.30. The molecule has 2 heterocycles. The van der Waals surface area contributed by atoms with E-state index in [2.05, 4.69) is 16.5 Å². The number of nitrogens with zero attached hydrogens (tertiary/aromatic N) is 4. The third-order valence-electron chi connectivity index (χ3n) is 4.89. The van der Waals surface area contributed by atoms with Crippen molar-refractivity contribution >= 4 is 23.4 Å². The monoisotopic (exact) mass is 572 g/mol. The third kappa shape index (κ3) is 8.88. The molecule has 2 aromatic rings. The number of hydrogen-bond acceptors (Lipinski definition) is 6. The number of rotatable bonds is 12. The van der Waals surface area contributed by atoms with Crippen LogP contribution in [0.5, 0.6) is 17.5 Å². The molecule has 2 amide bonds. The zero-order valence-corrected chi connectivity index (χ0v) is 22.6. The highest BCUT2D eigenvalue weighted by atomic mass is 35.5. The van der Waals surface area contributed by atoms with E-state index < -0.39 is 30.4 Å². The Hall–Kier alpha value is -3.80. The first-order valence-corrected chi connectivity index (χ1v) is 12.1. The number of carbonyl (C=O) groups is 1. The Balaban J connectivity index is 2.54. The molecule has 212 valence electrons. The maximum atomic E-state index is 15.2. The highest BCUT2D eigenvalue weighted by molar-refractivity contribution is 6.32. The fourth-order valence-electron chi connectivity index (χ4n) is 3.21. The number of carbonyl (C=O) groups excluding carboxylic acids is 1. The van der Waals surface area contributed by atoms with E-state index >= 15 is 4.39 Å². The molecule has 2 rings (SSSR count). The van der Waals surface area contributed by atoms with Gasteiger partial charge >= 0.3 is 12.2 Å². The zero-order chi connectivity index (χ0) is 29.2. The zero-order valence-electron chi connectivity index (χ0n) is 21.9. The maximum Gasteiger partial charge on any atom is 0.406 e. The van der Waals surface area contributed by atoms with Crippen LogP contribution in [0.1, 0.15) is 26.7 Å². The molecule has 0 unspecified atom stereocenters. The molecular formula is C26H29ClF4N4O4. The Labute approximate surface area is 229 Å². The molecule has 13 heteroatoms. The average molecular weight is 573 g/mol. The Bertz CT molecular complexity index is 1220. The largest absolute Gasteiger partial charge is 0.498 e. The summed E-state index contributed by atoms with van der Waals surface area (Å²) in [6.45, 7) is 5.70. The summed E-state index contributed by atoms with van der Waals surface area (Å²) in [6, 6.07) is 2.67. The molecule has 0 saturated carbocycles. The van der Waals surface area contributed by atoms with Gasteiger partial charge in [0, 0.05) is 25.0 Å². The number of allylic oxidation sites excluding steroid dienone is 3. The lowest BCUT2D eigenvalue weighted by Crippen LogP contribution is -2.45. The fraction of sp³-hybridized carbons (Fsp3) is 0.346. The van der Waals surface area contributed by atoms with E-state index in [1.165, 1.54) is 31.5 Å². The first kappa shape index (κ1) is 31.4. The van der Waals surface area contributed by atoms with Crippen molar-refractivity contribution in [2.75, 3.05) is 32.2 Å². The van der Waals surface area contributed by atoms with E-state index in [9.17, 15) is 18.0 Å². The van der Waals surface area contributed by atoms with Gasteiger partial charge in [-0.1, -0.05) is 38.1 Å². The number of amides is 2. The quantitative estimate of drug-likeness (QED) is 0.151. The van der Waals surface area contributed by atoms with Crippen molar-refractivity contribution in [3.63, 3.8) is 0 Å². The average Bonchev–Trinajstić information content (AvgIpc) is 2.88. The van der Waals surface area contributed by atoms with Crippen LogP contribution in [0.2, 0.25) is 5.02 Å². The third-order valence-corrected chi connectivity index (χ3v) is 5.16. The smallest absolute Gasteiger partial charge is 0.406 e. The molecule has 0 saturated heterocycles. The van der Waals surface area contributed by atoms with Crippen molar-refractivity contribution in [3.8, 4) is 17.5 Å². The molecule has 39 heavy (non-hydrogen) atoms. The highest BCUT2D eigenvalue weighted by Crippen LogP contribution is 2.36. The second-order valence-electron chi connectivity index (χ2n) is 7.89. The van der Waals surface area contributed by atoms with Crippen LogP contribution < -0.4 is 14.4 Å². The van der Waals surface area contributed by atoms with Crippen LogP contribution in [0.25, 0.3) is 0 Å². The van der Waals surface area contributed by atoms with Crippen molar-refractivity contribution in [3.05, 3.63) is 71.5 Å². The van der Waals surface area contributed by atoms with Gasteiger partial charge in [0.15, 0.2) is 17.4 Å². The minimum atomic E-state index is -4.69. The van der Waals surface area contributed by atoms with Gasteiger partial charge in [-0.2, -0.15) is 18.2 Å². The second kappa shape index (κ2) is 14.4. The molecule has 0 radical (unpaired) electrons. The Morgan fingerprint density at radius 3 is 2.49 bits per heavy atom. The van der Waals surface area contributed by atoms with Gasteiger partial charge in [-0.15, -0.1) is 0 Å². The topological polar surface area (TPSA) is 77.0 Å². The number of anilines is 1. The molecule has 0 fully saturated rings. The van der Waals surface area contributed by atoms with E-state index in [-0.39, 0.29) is 34.8 Å². The minimum absolute atomic E-state index is 0.0106. The first-order valence-electron chi connectivity index (χ1n) is 11.7. The van der Waals surface area contributed by atoms with Gasteiger partial charge in [0.2, 0.25) is 5.88 Å². The molecule has 2 aromatic heterocycles. The van der Waals surface area contributed by atoms with Crippen molar-refractivity contribution in [1.82, 2.24) is 14.9 Å². The van der Waals surface area contributed by atoms with Crippen LogP contribution in [-0.2, 0) is 4.74 Å². The molecule has 0 spiro atoms. The SMILES string of the molecule is C=CC(=CCC)N(C(=O)N(C)CC(F)(F)F)c1nc(Oc2cccnc2OCC(=CCC)OC)c(Cl)cc1F. The molecule has 0 aromatic carbocycles. The summed E-state index contributed by atoms with van der Waals surface area (Å²) in [4.78, 5) is 22.4. The van der Waals surface area contributed by atoms with E-state index in [0.717, 1.165) is 13.1 Å². The molecular weight excluding hydrogens is 544 g/mol. The van der Waals surface area contributed by atoms with Gasteiger partial charge in [0.05, 0.1) is 7.11 Å². The molecule has 0 aliphatic rings. The molecule has 0 N–H and O–H groups in total. The van der Waals surface area contributed by atoms with Gasteiger partial charge in [-0.3, -0.25) is 0 Å². The lowest BCUT2D eigenvalue weighted by Gasteiger charge is -2.29. The number of pyridine rings is 2. The lowest BCUT2D eigenvalue weighted by atomic mass is 10.2. The molecule has 0 aliphatic carbocycles. The number of ether oxygens (including phenoxy) is 3. The van der Waals surface area contributed by atoms with Gasteiger partial charge in [0.1, 0.15) is 23.9 Å². The van der Waals surface area contributed by atoms with E-state index in [1.807, 2.05) is 13.0 Å². The lowest BCUT2D eigenvalue weighted by molar-refractivity contribution is -0.137. The van der Waals surface area contributed by atoms with Crippen molar-refractivity contribution in [2.24, 2.45) is 0 Å². The molecule has 0 atom stereocenters. The van der Waals surface area contributed by atoms with Crippen LogP contribution in [0.4, 0.5) is 28.2 Å². The van der Waals surface area contributed by atoms with Crippen molar-refractivity contribution in [2.45, 2.75) is 32.9 Å². The number of methoxy groups -OCH3 is 1. The summed E-state index contributed by atoms with van der Waals surface area (Å²) in [5.74, 6) is -1.44. The number of aromatic nitrogens is 2. The first-order chi connectivity index (χ1) is 18.4. The van der Waals surface area contributed by atoms with Crippen LogP contribution in [0.15, 0.2) is 60.7 Å². The molecule has 8 nitrogen and oxygen atoms in total. The summed E-state index contributed by atoms with van der Waals surface area (Å²) in [5, 5.41) is -0.273. The predicted molar refractivity (Wildman–Crippen MR) is 140 cm³/mol. The van der Waals surface area contributed by atoms with E-state index in [4.69, 9.17) is 25.8 Å². The fourth-order valence-corrected chi connectivity index (χ4v) is 3.39. The standard InChI is InChI=1S/C26H29ClF4N4O4/c1-6-10-17(8-3)35(25(36)34(4)16-26(29,30)31)22-20(28)14-19(27)23(33-22)39-21-12-9-13-32-24(21)38-15-18(37-5)11-7-2/h8-14H,3,6-7,15-16H2,1-2,4-5H3. The van der Waals surface area contributed by atoms with Crippen LogP contribution in [-0.4, -0.2) is 54.4 Å². The summed E-state index contributed by atoms with van der Waals surface area (Å²) >= 11 is 6.19.